The van der Waals surface area contributed by atoms with Crippen LogP contribution in [0.4, 0.5) is 4.79 Å². The number of ether oxygens (including phenoxy) is 1. The maximum atomic E-state index is 12.4. The molecule has 0 bridgehead atoms. The van der Waals surface area contributed by atoms with Crippen molar-refractivity contribution in [3.05, 3.63) is 36.0 Å². The fourth-order valence-corrected chi connectivity index (χ4v) is 3.35. The molecule has 2 heterocycles. The Labute approximate surface area is 140 Å². The van der Waals surface area contributed by atoms with E-state index >= 15 is 0 Å². The van der Waals surface area contributed by atoms with Gasteiger partial charge in [-0.25, -0.2) is 9.59 Å². The lowest BCUT2D eigenvalue weighted by molar-refractivity contribution is -0.142. The fourth-order valence-electron chi connectivity index (χ4n) is 3.35. The quantitative estimate of drug-likeness (QED) is 0.884. The molecule has 2 aromatic rings. The molecule has 128 valence electrons. The molecule has 1 aliphatic rings. The van der Waals surface area contributed by atoms with Crippen molar-refractivity contribution < 1.29 is 19.4 Å². The molecule has 2 atom stereocenters. The van der Waals surface area contributed by atoms with Crippen LogP contribution in [0.15, 0.2) is 30.5 Å². The predicted octanol–water partition coefficient (Wildman–Crippen LogP) is 3.35. The number of rotatable bonds is 2. The number of carbonyl (C=O) groups is 2. The number of carboxylic acid groups (broad SMARTS) is 1. The lowest BCUT2D eigenvalue weighted by atomic mass is 9.91. The molecule has 0 unspecified atom stereocenters. The van der Waals surface area contributed by atoms with Crippen LogP contribution >= 0.6 is 0 Å². The summed E-state index contributed by atoms with van der Waals surface area (Å²) in [6, 6.07) is 6.86. The maximum Gasteiger partial charge on any atom is 0.411 e. The van der Waals surface area contributed by atoms with Crippen LogP contribution in [0.3, 0.4) is 0 Å². The first-order chi connectivity index (χ1) is 11.3. The van der Waals surface area contributed by atoms with Crippen LogP contribution in [0, 0.1) is 0 Å². The molecule has 1 amide bonds. The van der Waals surface area contributed by atoms with Crippen LogP contribution in [0.25, 0.3) is 10.9 Å². The lowest BCUT2D eigenvalue weighted by Gasteiger charge is -2.28. The van der Waals surface area contributed by atoms with E-state index < -0.39 is 23.7 Å². The van der Waals surface area contributed by atoms with Crippen molar-refractivity contribution in [2.75, 3.05) is 6.54 Å². The normalized spacial score (nSPS) is 21.2. The smallest absolute Gasteiger partial charge is 0.411 e. The van der Waals surface area contributed by atoms with Gasteiger partial charge in [-0.15, -0.1) is 0 Å². The van der Waals surface area contributed by atoms with Crippen LogP contribution in [-0.2, 0) is 9.53 Å². The molecule has 6 heteroatoms. The van der Waals surface area contributed by atoms with Gasteiger partial charge in [0.15, 0.2) is 0 Å². The van der Waals surface area contributed by atoms with Gasteiger partial charge in [0.2, 0.25) is 0 Å². The van der Waals surface area contributed by atoms with Crippen LogP contribution in [0.1, 0.15) is 38.7 Å². The minimum absolute atomic E-state index is 0.258. The van der Waals surface area contributed by atoms with Gasteiger partial charge in [-0.1, -0.05) is 18.2 Å². The first kappa shape index (κ1) is 16.4. The number of para-hydroxylation sites is 1. The molecule has 0 saturated carbocycles. The van der Waals surface area contributed by atoms with Gasteiger partial charge < -0.3 is 14.8 Å². The van der Waals surface area contributed by atoms with Gasteiger partial charge in [-0.2, -0.15) is 0 Å². The monoisotopic (exact) mass is 330 g/mol. The number of hydrogen-bond donors (Lipinski definition) is 2. The lowest BCUT2D eigenvalue weighted by Crippen LogP contribution is -2.45. The van der Waals surface area contributed by atoms with Crippen LogP contribution in [0.5, 0.6) is 0 Å². The third-order valence-electron chi connectivity index (χ3n) is 4.30. The van der Waals surface area contributed by atoms with Crippen molar-refractivity contribution in [1.29, 1.82) is 0 Å². The number of aliphatic carboxylic acids is 1. The maximum absolute atomic E-state index is 12.4. The van der Waals surface area contributed by atoms with E-state index in [-0.39, 0.29) is 5.92 Å². The number of carbonyl (C=O) groups excluding carboxylic acids is 1. The van der Waals surface area contributed by atoms with Gasteiger partial charge in [0.1, 0.15) is 11.6 Å². The first-order valence-corrected chi connectivity index (χ1v) is 8.06. The zero-order valence-electron chi connectivity index (χ0n) is 14.1. The Bertz CT molecular complexity index is 775. The number of H-pyrrole nitrogens is 1. The first-order valence-electron chi connectivity index (χ1n) is 8.06. The Morgan fingerprint density at radius 1 is 1.29 bits per heavy atom. The van der Waals surface area contributed by atoms with E-state index in [4.69, 9.17) is 4.74 Å². The minimum atomic E-state index is -1.01. The van der Waals surface area contributed by atoms with Crippen molar-refractivity contribution in [2.24, 2.45) is 0 Å². The zero-order chi connectivity index (χ0) is 17.5. The van der Waals surface area contributed by atoms with Crippen LogP contribution in [0.2, 0.25) is 0 Å². The Morgan fingerprint density at radius 3 is 2.67 bits per heavy atom. The molecule has 2 N–H and O–H groups in total. The summed E-state index contributed by atoms with van der Waals surface area (Å²) in [7, 11) is 0. The summed E-state index contributed by atoms with van der Waals surface area (Å²) in [5, 5.41) is 10.7. The largest absolute Gasteiger partial charge is 0.480 e. The average molecular weight is 330 g/mol. The Kier molecular flexibility index (Phi) is 3.99. The van der Waals surface area contributed by atoms with Crippen molar-refractivity contribution in [3.63, 3.8) is 0 Å². The second-order valence-corrected chi connectivity index (χ2v) is 7.14. The topological polar surface area (TPSA) is 82.6 Å². The standard InChI is InChI=1S/C18H22N2O4/c1-18(2,3)24-17(23)20-9-8-12(15(20)16(21)22)13-10-19-14-7-5-4-6-11(13)14/h4-7,10,12,15,19H,8-9H2,1-3H3,(H,21,22)/t12-,15-/m1/s1. The predicted molar refractivity (Wildman–Crippen MR) is 90.0 cm³/mol. The van der Waals surface area contributed by atoms with E-state index in [1.807, 2.05) is 30.5 Å². The molecule has 1 aromatic heterocycles. The van der Waals surface area contributed by atoms with Gasteiger partial charge >= 0.3 is 12.1 Å². The average Bonchev–Trinajstić information content (AvgIpc) is 3.09. The van der Waals surface area contributed by atoms with Crippen LogP contribution < -0.4 is 0 Å². The van der Waals surface area contributed by atoms with Crippen molar-refractivity contribution in [1.82, 2.24) is 9.88 Å². The van der Waals surface area contributed by atoms with E-state index in [0.29, 0.717) is 13.0 Å². The molecule has 0 spiro atoms. The zero-order valence-corrected chi connectivity index (χ0v) is 14.1. The summed E-state index contributed by atoms with van der Waals surface area (Å²) in [5.41, 5.74) is 1.25. The molecular formula is C18H22N2O4. The van der Waals surface area contributed by atoms with Crippen LogP contribution in [-0.4, -0.2) is 45.2 Å². The number of hydrogen-bond acceptors (Lipinski definition) is 3. The highest BCUT2D eigenvalue weighted by Gasteiger charge is 2.44. The summed E-state index contributed by atoms with van der Waals surface area (Å²) in [6.07, 6.45) is 1.87. The number of carboxylic acids is 1. The highest BCUT2D eigenvalue weighted by molar-refractivity contribution is 5.87. The molecule has 1 saturated heterocycles. The molecule has 3 rings (SSSR count). The molecule has 1 fully saturated rings. The number of nitrogens with one attached hydrogen (secondary N) is 1. The van der Waals surface area contributed by atoms with Gasteiger partial charge in [-0.05, 0) is 38.8 Å². The summed E-state index contributed by atoms with van der Waals surface area (Å²) in [4.78, 5) is 28.8. The van der Waals surface area contributed by atoms with E-state index in [1.165, 1.54) is 4.90 Å². The Hall–Kier alpha value is -2.50. The Balaban J connectivity index is 1.92. The summed E-state index contributed by atoms with van der Waals surface area (Å²) in [6.45, 7) is 5.69. The van der Waals surface area contributed by atoms with E-state index in [2.05, 4.69) is 4.98 Å². The van der Waals surface area contributed by atoms with Gasteiger partial charge in [0.25, 0.3) is 0 Å². The van der Waals surface area contributed by atoms with Gasteiger partial charge in [0.05, 0.1) is 0 Å². The third-order valence-corrected chi connectivity index (χ3v) is 4.30. The number of amides is 1. The molecular weight excluding hydrogens is 308 g/mol. The van der Waals surface area contributed by atoms with Crippen molar-refractivity contribution in [3.8, 4) is 0 Å². The summed E-state index contributed by atoms with van der Waals surface area (Å²) < 4.78 is 5.37. The summed E-state index contributed by atoms with van der Waals surface area (Å²) in [5.74, 6) is -1.26. The van der Waals surface area contributed by atoms with Gasteiger partial charge in [0, 0.05) is 29.6 Å². The highest BCUT2D eigenvalue weighted by Crippen LogP contribution is 2.38. The fraction of sp³-hybridized carbons (Fsp3) is 0.444. The second-order valence-electron chi connectivity index (χ2n) is 7.14. The molecule has 1 aliphatic heterocycles. The number of aromatic amines is 1. The third kappa shape index (κ3) is 2.96. The minimum Gasteiger partial charge on any atom is -0.480 e. The Morgan fingerprint density at radius 2 is 2.00 bits per heavy atom. The van der Waals surface area contributed by atoms with Crippen molar-refractivity contribution in [2.45, 2.75) is 44.8 Å². The molecule has 0 radical (unpaired) electrons. The number of likely N-dealkylation sites (tertiary alicyclic amines) is 1. The van der Waals surface area contributed by atoms with Crippen molar-refractivity contribution >= 4 is 23.0 Å². The van der Waals surface area contributed by atoms with Gasteiger partial charge in [-0.3, -0.25) is 4.90 Å². The molecule has 1 aromatic carbocycles. The summed E-state index contributed by atoms with van der Waals surface area (Å²) >= 11 is 0. The number of benzene rings is 1. The van der Waals surface area contributed by atoms with E-state index in [0.717, 1.165) is 16.5 Å². The molecule has 0 aliphatic carbocycles. The SMILES string of the molecule is CC(C)(C)OC(=O)N1CC[C@H](c2c[nH]c3ccccc23)[C@@H]1C(=O)O. The second kappa shape index (κ2) is 5.85. The molecule has 6 nitrogen and oxygen atoms in total. The number of aromatic nitrogens is 1. The van der Waals surface area contributed by atoms with E-state index in [1.54, 1.807) is 20.8 Å². The highest BCUT2D eigenvalue weighted by atomic mass is 16.6. The number of fused-ring (bicyclic) bond motifs is 1. The number of nitrogens with zero attached hydrogens (tertiary/aromatic N) is 1. The van der Waals surface area contributed by atoms with E-state index in [9.17, 15) is 14.7 Å². The molecule has 24 heavy (non-hydrogen) atoms.